The molecule has 0 saturated heterocycles. The van der Waals surface area contributed by atoms with E-state index in [9.17, 15) is 4.79 Å². The smallest absolute Gasteiger partial charge is 0.228 e. The van der Waals surface area contributed by atoms with Crippen LogP contribution < -0.4 is 4.74 Å². The monoisotopic (exact) mass is 395 g/mol. The first-order valence-electron chi connectivity index (χ1n) is 9.94. The molecular weight excluding hydrogens is 378 g/mol. The van der Waals surface area contributed by atoms with Crippen LogP contribution in [-0.4, -0.2) is 30.3 Å². The molecule has 146 valence electrons. The van der Waals surface area contributed by atoms with Crippen LogP contribution in [-0.2, 0) is 4.79 Å². The van der Waals surface area contributed by atoms with Gasteiger partial charge in [0.15, 0.2) is 17.3 Å². The number of ether oxygens (including phenoxy) is 1. The number of aromatic nitrogens is 5. The molecule has 4 aromatic rings. The molecule has 1 atom stereocenters. The molecule has 7 nitrogen and oxygen atoms in total. The van der Waals surface area contributed by atoms with Gasteiger partial charge in [-0.1, -0.05) is 30.3 Å². The molecule has 4 heterocycles. The number of nitrogens with zero attached hydrogens (tertiary/aromatic N) is 5. The van der Waals surface area contributed by atoms with Crippen LogP contribution in [0.5, 0.6) is 5.88 Å². The van der Waals surface area contributed by atoms with E-state index < -0.39 is 0 Å². The average Bonchev–Trinajstić information content (AvgIpc) is 3.24. The first-order chi connectivity index (χ1) is 14.8. The van der Waals surface area contributed by atoms with Crippen LogP contribution in [0.2, 0.25) is 0 Å². The van der Waals surface area contributed by atoms with Crippen molar-refractivity contribution in [1.82, 2.24) is 24.6 Å². The van der Waals surface area contributed by atoms with Crippen molar-refractivity contribution in [3.05, 3.63) is 83.6 Å². The normalized spacial score (nSPS) is 18.1. The molecule has 0 radical (unpaired) electrons. The summed E-state index contributed by atoms with van der Waals surface area (Å²) in [5.41, 5.74) is 3.97. The van der Waals surface area contributed by atoms with E-state index >= 15 is 0 Å². The zero-order chi connectivity index (χ0) is 20.1. The Labute approximate surface area is 172 Å². The molecule has 7 heteroatoms. The lowest BCUT2D eigenvalue weighted by atomic mass is 9.78. The number of fused-ring (bicyclic) bond motifs is 3. The number of ketones is 1. The number of carbonyl (C=O) groups is 1. The molecule has 0 fully saturated rings. The standard InChI is InChI=1S/C23H17N5O2/c29-16-9-4-10-17-19(16)18(14-6-2-1-3-7-14)20-22-26-21(15-8-5-11-24-12-15)27-28(22)13-25-23(20)30-17/h1-3,5-8,11-13,18H,4,9-10H2. The van der Waals surface area contributed by atoms with Gasteiger partial charge in [-0.2, -0.15) is 0 Å². The number of pyridine rings is 1. The van der Waals surface area contributed by atoms with Crippen molar-refractivity contribution in [2.45, 2.75) is 25.2 Å². The summed E-state index contributed by atoms with van der Waals surface area (Å²) in [6.07, 6.45) is 7.12. The Balaban J connectivity index is 1.62. The minimum absolute atomic E-state index is 0.129. The van der Waals surface area contributed by atoms with Gasteiger partial charge in [0.2, 0.25) is 5.88 Å². The minimum atomic E-state index is -0.278. The van der Waals surface area contributed by atoms with Gasteiger partial charge in [0.1, 0.15) is 12.1 Å². The zero-order valence-corrected chi connectivity index (χ0v) is 16.0. The summed E-state index contributed by atoms with van der Waals surface area (Å²) in [5.74, 6) is 1.64. The number of hydrogen-bond donors (Lipinski definition) is 0. The summed E-state index contributed by atoms with van der Waals surface area (Å²) >= 11 is 0. The van der Waals surface area contributed by atoms with Gasteiger partial charge in [-0.3, -0.25) is 9.78 Å². The Morgan fingerprint density at radius 1 is 1.07 bits per heavy atom. The minimum Gasteiger partial charge on any atom is -0.442 e. The fourth-order valence-corrected chi connectivity index (χ4v) is 4.31. The zero-order valence-electron chi connectivity index (χ0n) is 16.0. The first-order valence-corrected chi connectivity index (χ1v) is 9.94. The van der Waals surface area contributed by atoms with Crippen molar-refractivity contribution in [1.29, 1.82) is 0 Å². The summed E-state index contributed by atoms with van der Waals surface area (Å²) in [4.78, 5) is 26.5. The molecule has 0 amide bonds. The van der Waals surface area contributed by atoms with Gasteiger partial charge in [-0.15, -0.1) is 5.10 Å². The van der Waals surface area contributed by atoms with Crippen molar-refractivity contribution in [3.8, 4) is 17.3 Å². The molecule has 30 heavy (non-hydrogen) atoms. The summed E-state index contributed by atoms with van der Waals surface area (Å²) in [7, 11) is 0. The number of carbonyl (C=O) groups excluding carboxylic acids is 1. The van der Waals surface area contributed by atoms with Crippen LogP contribution in [0.1, 0.15) is 36.3 Å². The topological polar surface area (TPSA) is 82.3 Å². The second-order valence-corrected chi connectivity index (χ2v) is 7.47. The highest BCUT2D eigenvalue weighted by Crippen LogP contribution is 2.47. The molecule has 1 aliphatic carbocycles. The molecule has 0 bridgehead atoms. The molecule has 0 saturated carbocycles. The Hall–Kier alpha value is -3.87. The number of Topliss-reactive ketones (excluding diaryl/α,β-unsaturated/α-hetero) is 1. The van der Waals surface area contributed by atoms with E-state index in [-0.39, 0.29) is 11.7 Å². The highest BCUT2D eigenvalue weighted by atomic mass is 16.5. The maximum Gasteiger partial charge on any atom is 0.228 e. The maximum absolute atomic E-state index is 13.0. The van der Waals surface area contributed by atoms with Gasteiger partial charge in [-0.05, 0) is 24.1 Å². The van der Waals surface area contributed by atoms with Crippen LogP contribution in [0.4, 0.5) is 0 Å². The van der Waals surface area contributed by atoms with Crippen LogP contribution in [0, 0.1) is 0 Å². The fourth-order valence-electron chi connectivity index (χ4n) is 4.31. The Bertz CT molecular complexity index is 1310. The third kappa shape index (κ3) is 2.55. The molecule has 0 N–H and O–H groups in total. The van der Waals surface area contributed by atoms with E-state index in [1.165, 1.54) is 0 Å². The van der Waals surface area contributed by atoms with E-state index in [1.54, 1.807) is 23.2 Å². The van der Waals surface area contributed by atoms with Crippen LogP contribution in [0.25, 0.3) is 17.0 Å². The molecular formula is C23H17N5O2. The summed E-state index contributed by atoms with van der Waals surface area (Å²) in [6.45, 7) is 0. The lowest BCUT2D eigenvalue weighted by Gasteiger charge is -2.31. The molecule has 6 rings (SSSR count). The molecule has 1 aliphatic heterocycles. The van der Waals surface area contributed by atoms with E-state index in [0.29, 0.717) is 23.8 Å². The SMILES string of the molecule is O=C1CCCC2=C1C(c1ccccc1)c1c(ncn3nc(-c4cccnc4)nc13)O2. The molecule has 1 aromatic carbocycles. The summed E-state index contributed by atoms with van der Waals surface area (Å²) in [6, 6.07) is 13.8. The largest absolute Gasteiger partial charge is 0.442 e. The van der Waals surface area contributed by atoms with Crippen molar-refractivity contribution in [2.75, 3.05) is 0 Å². The van der Waals surface area contributed by atoms with Crippen LogP contribution in [0.3, 0.4) is 0 Å². The lowest BCUT2D eigenvalue weighted by Crippen LogP contribution is -2.26. The van der Waals surface area contributed by atoms with E-state index in [2.05, 4.69) is 15.1 Å². The number of rotatable bonds is 2. The van der Waals surface area contributed by atoms with E-state index in [1.807, 2.05) is 42.5 Å². The third-order valence-electron chi connectivity index (χ3n) is 5.65. The predicted molar refractivity (Wildman–Crippen MR) is 109 cm³/mol. The van der Waals surface area contributed by atoms with Crippen molar-refractivity contribution < 1.29 is 9.53 Å². The average molecular weight is 395 g/mol. The molecule has 1 unspecified atom stereocenters. The Kier molecular flexibility index (Phi) is 3.74. The first kappa shape index (κ1) is 17.0. The molecule has 3 aromatic heterocycles. The third-order valence-corrected chi connectivity index (χ3v) is 5.65. The lowest BCUT2D eigenvalue weighted by molar-refractivity contribution is -0.116. The highest BCUT2D eigenvalue weighted by molar-refractivity contribution is 6.00. The van der Waals surface area contributed by atoms with Gasteiger partial charge in [0, 0.05) is 42.3 Å². The highest BCUT2D eigenvalue weighted by Gasteiger charge is 2.39. The number of hydrogen-bond acceptors (Lipinski definition) is 6. The quantitative estimate of drug-likeness (QED) is 0.515. The summed E-state index contributed by atoms with van der Waals surface area (Å²) < 4.78 is 7.79. The second-order valence-electron chi connectivity index (χ2n) is 7.47. The van der Waals surface area contributed by atoms with Gasteiger partial charge in [0.05, 0.1) is 5.56 Å². The van der Waals surface area contributed by atoms with Crippen LogP contribution in [0.15, 0.2) is 72.5 Å². The fraction of sp³-hybridized carbons (Fsp3) is 0.174. The van der Waals surface area contributed by atoms with E-state index in [0.717, 1.165) is 40.9 Å². The van der Waals surface area contributed by atoms with Gasteiger partial charge in [-0.25, -0.2) is 14.5 Å². The van der Waals surface area contributed by atoms with Gasteiger partial charge < -0.3 is 4.74 Å². The summed E-state index contributed by atoms with van der Waals surface area (Å²) in [5, 5.41) is 4.59. The van der Waals surface area contributed by atoms with Crippen LogP contribution >= 0.6 is 0 Å². The predicted octanol–water partition coefficient (Wildman–Crippen LogP) is 3.72. The second kappa shape index (κ2) is 6.59. The van der Waals surface area contributed by atoms with Crippen molar-refractivity contribution in [3.63, 3.8) is 0 Å². The number of allylic oxidation sites excluding steroid dienone is 2. The molecule has 2 aliphatic rings. The van der Waals surface area contributed by atoms with Gasteiger partial charge in [0.25, 0.3) is 0 Å². The van der Waals surface area contributed by atoms with Gasteiger partial charge >= 0.3 is 0 Å². The Morgan fingerprint density at radius 3 is 2.80 bits per heavy atom. The number of benzene rings is 1. The van der Waals surface area contributed by atoms with Crippen molar-refractivity contribution >= 4 is 11.4 Å². The molecule has 0 spiro atoms. The maximum atomic E-state index is 13.0. The van der Waals surface area contributed by atoms with Crippen molar-refractivity contribution in [2.24, 2.45) is 0 Å². The Morgan fingerprint density at radius 2 is 1.97 bits per heavy atom. The van der Waals surface area contributed by atoms with E-state index in [4.69, 9.17) is 9.72 Å².